The van der Waals surface area contributed by atoms with Crippen LogP contribution in [0.3, 0.4) is 0 Å². The lowest BCUT2D eigenvalue weighted by Crippen LogP contribution is -2.36. The van der Waals surface area contributed by atoms with Crippen LogP contribution in [-0.2, 0) is 7.05 Å². The lowest BCUT2D eigenvalue weighted by atomic mass is 9.99. The van der Waals surface area contributed by atoms with Gasteiger partial charge in [0.2, 0.25) is 0 Å². The fourth-order valence-electron chi connectivity index (χ4n) is 3.19. The van der Waals surface area contributed by atoms with Crippen molar-refractivity contribution in [3.63, 3.8) is 0 Å². The van der Waals surface area contributed by atoms with Gasteiger partial charge in [0, 0.05) is 31.0 Å². The first-order chi connectivity index (χ1) is 10.8. The topological polar surface area (TPSA) is 37.3 Å². The zero-order chi connectivity index (χ0) is 17.1. The van der Waals surface area contributed by atoms with Crippen molar-refractivity contribution in [1.82, 2.24) is 14.8 Å². The first-order valence-electron chi connectivity index (χ1n) is 7.95. The molecule has 0 aliphatic rings. The highest BCUT2D eigenvalue weighted by Gasteiger charge is 2.19. The Morgan fingerprint density at radius 2 is 1.83 bits per heavy atom. The van der Waals surface area contributed by atoms with Gasteiger partial charge in [-0.05, 0) is 58.1 Å². The fraction of sp³-hybridized carbons (Fsp3) is 0.421. The number of amides is 1. The van der Waals surface area contributed by atoms with Gasteiger partial charge in [-0.25, -0.2) is 0 Å². The summed E-state index contributed by atoms with van der Waals surface area (Å²) in [6, 6.07) is 8.39. The molecule has 1 aromatic carbocycles. The minimum atomic E-state index is 0.000981. The summed E-state index contributed by atoms with van der Waals surface area (Å²) >= 11 is 0. The number of hydrogen-bond donors (Lipinski definition) is 1. The van der Waals surface area contributed by atoms with E-state index in [4.69, 9.17) is 0 Å². The minimum absolute atomic E-state index is 0.000981. The fourth-order valence-corrected chi connectivity index (χ4v) is 3.19. The van der Waals surface area contributed by atoms with E-state index in [1.807, 2.05) is 47.3 Å². The number of carbonyl (C=O) groups is 1. The molecule has 0 spiro atoms. The van der Waals surface area contributed by atoms with Gasteiger partial charge in [0.25, 0.3) is 5.91 Å². The predicted octanol–water partition coefficient (Wildman–Crippen LogP) is 2.98. The molecule has 0 bridgehead atoms. The summed E-state index contributed by atoms with van der Waals surface area (Å²) in [5, 5.41) is 3.10. The molecule has 0 radical (unpaired) electrons. The number of aryl methyl sites for hydroxylation is 4. The van der Waals surface area contributed by atoms with Crippen LogP contribution in [0.5, 0.6) is 0 Å². The zero-order valence-electron chi connectivity index (χ0n) is 15.0. The zero-order valence-corrected chi connectivity index (χ0v) is 15.0. The molecule has 4 heteroatoms. The van der Waals surface area contributed by atoms with Crippen LogP contribution in [0, 0.1) is 20.8 Å². The van der Waals surface area contributed by atoms with E-state index >= 15 is 0 Å². The molecule has 1 heterocycles. The Balaban J connectivity index is 2.16. The van der Waals surface area contributed by atoms with Crippen molar-refractivity contribution in [3.05, 3.63) is 58.4 Å². The summed E-state index contributed by atoms with van der Waals surface area (Å²) < 4.78 is 2.10. The first kappa shape index (κ1) is 17.3. The second-order valence-electron chi connectivity index (χ2n) is 6.51. The second-order valence-corrected chi connectivity index (χ2v) is 6.51. The Labute approximate surface area is 139 Å². The number of aromatic nitrogens is 1. The molecule has 2 aromatic rings. The molecule has 23 heavy (non-hydrogen) atoms. The van der Waals surface area contributed by atoms with Crippen molar-refractivity contribution >= 4 is 5.91 Å². The van der Waals surface area contributed by atoms with E-state index in [-0.39, 0.29) is 11.9 Å². The molecule has 0 unspecified atom stereocenters. The number of nitrogens with one attached hydrogen (secondary N) is 1. The van der Waals surface area contributed by atoms with Crippen LogP contribution < -0.4 is 5.32 Å². The van der Waals surface area contributed by atoms with E-state index in [0.29, 0.717) is 6.54 Å². The average Bonchev–Trinajstić information content (AvgIpc) is 2.83. The molecule has 1 N–H and O–H groups in total. The number of rotatable bonds is 5. The Morgan fingerprint density at radius 1 is 1.22 bits per heavy atom. The molecule has 1 atom stereocenters. The lowest BCUT2D eigenvalue weighted by Gasteiger charge is -2.25. The van der Waals surface area contributed by atoms with Crippen molar-refractivity contribution in [2.24, 2.45) is 7.05 Å². The Bertz CT molecular complexity index is 677. The molecule has 2 rings (SSSR count). The van der Waals surface area contributed by atoms with E-state index in [1.54, 1.807) is 0 Å². The van der Waals surface area contributed by atoms with Crippen LogP contribution >= 0.6 is 0 Å². The van der Waals surface area contributed by atoms with Gasteiger partial charge in [-0.15, -0.1) is 0 Å². The van der Waals surface area contributed by atoms with E-state index in [1.165, 1.54) is 11.3 Å². The van der Waals surface area contributed by atoms with Gasteiger partial charge in [0.1, 0.15) is 0 Å². The maximum atomic E-state index is 12.6. The summed E-state index contributed by atoms with van der Waals surface area (Å²) in [4.78, 5) is 14.8. The third-order valence-electron chi connectivity index (χ3n) is 4.31. The molecule has 0 aliphatic heterocycles. The van der Waals surface area contributed by atoms with Crippen molar-refractivity contribution < 1.29 is 4.79 Å². The van der Waals surface area contributed by atoms with Crippen molar-refractivity contribution in [2.75, 3.05) is 20.6 Å². The average molecular weight is 313 g/mol. The number of hydrogen-bond acceptors (Lipinski definition) is 2. The largest absolute Gasteiger partial charge is 0.353 e. The highest BCUT2D eigenvalue weighted by Crippen LogP contribution is 2.19. The molecule has 1 amide bonds. The second kappa shape index (κ2) is 7.01. The van der Waals surface area contributed by atoms with E-state index in [9.17, 15) is 4.79 Å². The lowest BCUT2D eigenvalue weighted by molar-refractivity contribution is 0.0940. The third kappa shape index (κ3) is 3.82. The summed E-state index contributed by atoms with van der Waals surface area (Å²) in [7, 11) is 6.10. The maximum Gasteiger partial charge on any atom is 0.251 e. The molecular weight excluding hydrogens is 286 g/mol. The predicted molar refractivity (Wildman–Crippen MR) is 94.8 cm³/mol. The maximum absolute atomic E-state index is 12.6. The standard InChI is InChI=1S/C19H27N3O/c1-13-10-14(2)18(15(3)11-13)19(23)20-12-17(21(4)5)16-8-7-9-22(16)6/h7-11,17H,12H2,1-6H3,(H,20,23)/t17-/m1/s1. The molecule has 124 valence electrons. The van der Waals surface area contributed by atoms with Gasteiger partial charge in [-0.2, -0.15) is 0 Å². The molecule has 0 saturated heterocycles. The number of benzene rings is 1. The van der Waals surface area contributed by atoms with Gasteiger partial charge in [0.15, 0.2) is 0 Å². The van der Waals surface area contributed by atoms with Crippen LogP contribution in [0.4, 0.5) is 0 Å². The quantitative estimate of drug-likeness (QED) is 0.921. The third-order valence-corrected chi connectivity index (χ3v) is 4.31. The van der Waals surface area contributed by atoms with Gasteiger partial charge < -0.3 is 9.88 Å². The van der Waals surface area contributed by atoms with Crippen LogP contribution in [0.25, 0.3) is 0 Å². The van der Waals surface area contributed by atoms with Crippen LogP contribution in [0.15, 0.2) is 30.5 Å². The monoisotopic (exact) mass is 313 g/mol. The molecule has 0 fully saturated rings. The Morgan fingerprint density at radius 3 is 2.30 bits per heavy atom. The van der Waals surface area contributed by atoms with Crippen LogP contribution in [-0.4, -0.2) is 36.0 Å². The summed E-state index contributed by atoms with van der Waals surface area (Å²) in [6.45, 7) is 6.63. The van der Waals surface area contributed by atoms with E-state index < -0.39 is 0 Å². The Hall–Kier alpha value is -2.07. The molecule has 4 nitrogen and oxygen atoms in total. The molecule has 0 saturated carbocycles. The molecule has 0 aliphatic carbocycles. The van der Waals surface area contributed by atoms with Crippen molar-refractivity contribution in [1.29, 1.82) is 0 Å². The smallest absolute Gasteiger partial charge is 0.251 e. The van der Waals surface area contributed by atoms with Crippen LogP contribution in [0.2, 0.25) is 0 Å². The van der Waals surface area contributed by atoms with Gasteiger partial charge in [-0.3, -0.25) is 9.69 Å². The van der Waals surface area contributed by atoms with E-state index in [0.717, 1.165) is 16.7 Å². The SMILES string of the molecule is Cc1cc(C)c(C(=O)NC[C@H](c2cccn2C)N(C)C)c(C)c1. The van der Waals surface area contributed by atoms with Crippen LogP contribution in [0.1, 0.15) is 38.8 Å². The van der Waals surface area contributed by atoms with Gasteiger partial charge >= 0.3 is 0 Å². The normalized spacial score (nSPS) is 12.5. The number of likely N-dealkylation sites (N-methyl/N-ethyl adjacent to an activating group) is 1. The molecule has 1 aromatic heterocycles. The Kier molecular flexibility index (Phi) is 5.26. The van der Waals surface area contributed by atoms with Crippen molar-refractivity contribution in [3.8, 4) is 0 Å². The van der Waals surface area contributed by atoms with E-state index in [2.05, 4.69) is 39.9 Å². The summed E-state index contributed by atoms with van der Waals surface area (Å²) in [5.74, 6) is 0.000981. The van der Waals surface area contributed by atoms with Gasteiger partial charge in [-0.1, -0.05) is 17.7 Å². The minimum Gasteiger partial charge on any atom is -0.353 e. The van der Waals surface area contributed by atoms with Gasteiger partial charge in [0.05, 0.1) is 6.04 Å². The highest BCUT2D eigenvalue weighted by atomic mass is 16.1. The highest BCUT2D eigenvalue weighted by molar-refractivity contribution is 5.97. The summed E-state index contributed by atoms with van der Waals surface area (Å²) in [6.07, 6.45) is 2.03. The number of carbonyl (C=O) groups excluding carboxylic acids is 1. The first-order valence-corrected chi connectivity index (χ1v) is 7.95. The van der Waals surface area contributed by atoms with Crippen molar-refractivity contribution in [2.45, 2.75) is 26.8 Å². The molecular formula is C19H27N3O. The number of nitrogens with zero attached hydrogens (tertiary/aromatic N) is 2. The summed E-state index contributed by atoms with van der Waals surface area (Å²) in [5.41, 5.74) is 5.22.